The third-order valence-electron chi connectivity index (χ3n) is 4.69. The fraction of sp³-hybridized carbons (Fsp3) is 0.733. The van der Waals surface area contributed by atoms with Gasteiger partial charge in [0.05, 0.1) is 6.07 Å². The van der Waals surface area contributed by atoms with Gasteiger partial charge in [0.25, 0.3) is 0 Å². The molecule has 17 heavy (non-hydrogen) atoms. The molecule has 0 unspecified atom stereocenters. The topological polar surface area (TPSA) is 40.9 Å². The van der Waals surface area contributed by atoms with Crippen molar-refractivity contribution < 1.29 is 4.79 Å². The van der Waals surface area contributed by atoms with E-state index in [1.165, 1.54) is 0 Å². The molecule has 1 saturated carbocycles. The highest BCUT2D eigenvalue weighted by Crippen LogP contribution is 2.48. The molecule has 0 heterocycles. The van der Waals surface area contributed by atoms with Crippen molar-refractivity contribution in [2.45, 2.75) is 46.0 Å². The minimum atomic E-state index is -0.741. The number of allylic oxidation sites excluding steroid dienone is 2. The summed E-state index contributed by atoms with van der Waals surface area (Å²) in [6.07, 6.45) is 9.38. The van der Waals surface area contributed by atoms with E-state index >= 15 is 0 Å². The van der Waals surface area contributed by atoms with Gasteiger partial charge in [-0.3, -0.25) is 4.79 Å². The van der Waals surface area contributed by atoms with E-state index in [9.17, 15) is 10.1 Å². The van der Waals surface area contributed by atoms with Crippen LogP contribution in [0.25, 0.3) is 0 Å². The van der Waals surface area contributed by atoms with Crippen LogP contribution in [0.4, 0.5) is 0 Å². The Morgan fingerprint density at radius 2 is 2.06 bits per heavy atom. The summed E-state index contributed by atoms with van der Waals surface area (Å²) in [5.74, 6) is 0.551. The van der Waals surface area contributed by atoms with Crippen molar-refractivity contribution >= 4 is 5.78 Å². The van der Waals surface area contributed by atoms with Gasteiger partial charge >= 0.3 is 0 Å². The molecule has 0 saturated heterocycles. The van der Waals surface area contributed by atoms with E-state index in [2.05, 4.69) is 18.2 Å². The molecule has 0 radical (unpaired) electrons. The number of nitrogens with zero attached hydrogens (tertiary/aromatic N) is 1. The van der Waals surface area contributed by atoms with Crippen molar-refractivity contribution in [1.82, 2.24) is 0 Å². The number of rotatable bonds is 0. The lowest BCUT2D eigenvalue weighted by Gasteiger charge is -2.42. The molecule has 2 rings (SSSR count). The second kappa shape index (κ2) is 4.64. The molecule has 2 heteroatoms. The monoisotopic (exact) mass is 231 g/mol. The van der Waals surface area contributed by atoms with Crippen molar-refractivity contribution in [3.05, 3.63) is 12.2 Å². The molecular weight excluding hydrogens is 210 g/mol. The molecule has 0 aliphatic heterocycles. The van der Waals surface area contributed by atoms with Crippen molar-refractivity contribution in [1.29, 1.82) is 5.26 Å². The Hall–Kier alpha value is -1.10. The third-order valence-corrected chi connectivity index (χ3v) is 4.69. The van der Waals surface area contributed by atoms with Crippen molar-refractivity contribution in [3.8, 4) is 6.07 Å². The van der Waals surface area contributed by atoms with Gasteiger partial charge in [-0.25, -0.2) is 0 Å². The third kappa shape index (κ3) is 1.82. The summed E-state index contributed by atoms with van der Waals surface area (Å²) in [5.41, 5.74) is -0.741. The summed E-state index contributed by atoms with van der Waals surface area (Å²) in [4.78, 5) is 12.6. The van der Waals surface area contributed by atoms with Crippen LogP contribution >= 0.6 is 0 Å². The quantitative estimate of drug-likeness (QED) is 0.599. The highest BCUT2D eigenvalue weighted by molar-refractivity contribution is 5.90. The van der Waals surface area contributed by atoms with Gasteiger partial charge in [0.1, 0.15) is 5.41 Å². The summed E-state index contributed by atoms with van der Waals surface area (Å²) in [6, 6.07) is 2.42. The van der Waals surface area contributed by atoms with Crippen LogP contribution in [0.2, 0.25) is 0 Å². The van der Waals surface area contributed by atoms with Crippen LogP contribution in [0.1, 0.15) is 46.0 Å². The zero-order valence-electron chi connectivity index (χ0n) is 10.8. The molecule has 0 amide bonds. The van der Waals surface area contributed by atoms with E-state index < -0.39 is 5.41 Å². The van der Waals surface area contributed by atoms with Gasteiger partial charge in [-0.2, -0.15) is 5.26 Å². The van der Waals surface area contributed by atoms with Gasteiger partial charge < -0.3 is 0 Å². The van der Waals surface area contributed by atoms with Crippen LogP contribution in [-0.2, 0) is 4.79 Å². The van der Waals surface area contributed by atoms with Crippen LogP contribution in [-0.4, -0.2) is 5.78 Å². The molecule has 0 aromatic rings. The summed E-state index contributed by atoms with van der Waals surface area (Å²) < 4.78 is 0. The molecule has 0 aromatic heterocycles. The normalized spacial score (nSPS) is 42.2. The zero-order valence-corrected chi connectivity index (χ0v) is 10.8. The standard InChI is InChI=1S/C15H21NO/c1-11-6-3-4-8-13-9-5-7-12(2)15(13,10-16)14(11)17/h5,7,11-13H,3-4,6,8-9H2,1-2H3/t11-,12-,13+,15-/m1/s1. The molecule has 92 valence electrons. The number of ketones is 1. The molecule has 2 aliphatic carbocycles. The maximum absolute atomic E-state index is 12.6. The predicted molar refractivity (Wildman–Crippen MR) is 67.1 cm³/mol. The van der Waals surface area contributed by atoms with Gasteiger partial charge in [-0.1, -0.05) is 38.8 Å². The number of hydrogen-bond donors (Lipinski definition) is 0. The minimum absolute atomic E-state index is 0.0476. The van der Waals surface area contributed by atoms with Crippen molar-refractivity contribution in [2.75, 3.05) is 0 Å². The Kier molecular flexibility index (Phi) is 3.38. The van der Waals surface area contributed by atoms with Crippen molar-refractivity contribution in [3.63, 3.8) is 0 Å². The number of hydrogen-bond acceptors (Lipinski definition) is 2. The molecule has 1 fully saturated rings. The number of carbonyl (C=O) groups is 1. The second-order valence-corrected chi connectivity index (χ2v) is 5.68. The number of fused-ring (bicyclic) bond motifs is 1. The maximum atomic E-state index is 12.6. The largest absolute Gasteiger partial charge is 0.298 e. The van der Waals surface area contributed by atoms with E-state index in [1.54, 1.807) is 0 Å². The van der Waals surface area contributed by atoms with E-state index in [-0.39, 0.29) is 23.5 Å². The maximum Gasteiger partial charge on any atom is 0.156 e. The van der Waals surface area contributed by atoms with Crippen LogP contribution in [0.15, 0.2) is 12.2 Å². The second-order valence-electron chi connectivity index (χ2n) is 5.68. The molecule has 2 aliphatic rings. The highest BCUT2D eigenvalue weighted by atomic mass is 16.1. The van der Waals surface area contributed by atoms with Gasteiger partial charge in [0.2, 0.25) is 0 Å². The van der Waals surface area contributed by atoms with Crippen LogP contribution < -0.4 is 0 Å². The molecular formula is C15H21NO. The van der Waals surface area contributed by atoms with E-state index in [0.717, 1.165) is 32.1 Å². The van der Waals surface area contributed by atoms with Gasteiger partial charge in [-0.05, 0) is 31.1 Å². The smallest absolute Gasteiger partial charge is 0.156 e. The SMILES string of the molecule is C[C@@H]1CCCC[C@H]2CC=C[C@@H](C)[C@@]2(C#N)C1=O. The molecule has 0 N–H and O–H groups in total. The average Bonchev–Trinajstić information content (AvgIpc) is 2.33. The first kappa shape index (κ1) is 12.4. The fourth-order valence-electron chi connectivity index (χ4n) is 3.56. The van der Waals surface area contributed by atoms with Crippen LogP contribution in [0.3, 0.4) is 0 Å². The fourth-order valence-corrected chi connectivity index (χ4v) is 3.56. The zero-order chi connectivity index (χ0) is 12.5. The lowest BCUT2D eigenvalue weighted by Crippen LogP contribution is -2.47. The number of nitriles is 1. The van der Waals surface area contributed by atoms with E-state index in [0.29, 0.717) is 0 Å². The first-order valence-corrected chi connectivity index (χ1v) is 6.75. The summed E-state index contributed by atoms with van der Waals surface area (Å²) in [6.45, 7) is 4.02. The van der Waals surface area contributed by atoms with E-state index in [4.69, 9.17) is 0 Å². The molecule has 0 aromatic carbocycles. The van der Waals surface area contributed by atoms with E-state index in [1.807, 2.05) is 13.8 Å². The summed E-state index contributed by atoms with van der Waals surface area (Å²) in [5, 5.41) is 9.65. The Balaban J connectivity index is 2.45. The average molecular weight is 231 g/mol. The molecule has 0 bridgehead atoms. The van der Waals surface area contributed by atoms with Gasteiger partial charge in [0.15, 0.2) is 5.78 Å². The minimum Gasteiger partial charge on any atom is -0.298 e. The van der Waals surface area contributed by atoms with Crippen LogP contribution in [0, 0.1) is 34.5 Å². The first-order valence-electron chi connectivity index (χ1n) is 6.75. The number of Topliss-reactive ketones (excluding diaryl/α,β-unsaturated/α-hetero) is 1. The molecule has 4 atom stereocenters. The predicted octanol–water partition coefficient (Wildman–Crippen LogP) is 3.49. The molecule has 2 nitrogen and oxygen atoms in total. The van der Waals surface area contributed by atoms with Crippen molar-refractivity contribution in [2.24, 2.45) is 23.2 Å². The summed E-state index contributed by atoms with van der Waals surface area (Å²) >= 11 is 0. The Bertz CT molecular complexity index is 379. The molecule has 0 spiro atoms. The Morgan fingerprint density at radius 3 is 2.76 bits per heavy atom. The lowest BCUT2D eigenvalue weighted by molar-refractivity contribution is -0.135. The summed E-state index contributed by atoms with van der Waals surface area (Å²) in [7, 11) is 0. The lowest BCUT2D eigenvalue weighted by atomic mass is 9.57. The van der Waals surface area contributed by atoms with Gasteiger partial charge in [-0.15, -0.1) is 0 Å². The highest BCUT2D eigenvalue weighted by Gasteiger charge is 2.51. The van der Waals surface area contributed by atoms with Crippen LogP contribution in [0.5, 0.6) is 0 Å². The van der Waals surface area contributed by atoms with Gasteiger partial charge in [0, 0.05) is 5.92 Å². The Labute approximate surface area is 104 Å². The first-order chi connectivity index (χ1) is 8.13. The number of carbonyl (C=O) groups excluding carboxylic acids is 1. The Morgan fingerprint density at radius 1 is 1.35 bits per heavy atom.